The molecule has 128 valence electrons. The van der Waals surface area contributed by atoms with Crippen molar-refractivity contribution >= 4 is 22.4 Å². The van der Waals surface area contributed by atoms with Gasteiger partial charge in [-0.15, -0.1) is 12.4 Å². The molecule has 1 rings (SSSR count). The van der Waals surface area contributed by atoms with Gasteiger partial charge in [-0.2, -0.15) is 0 Å². The molecule has 0 heterocycles. The van der Waals surface area contributed by atoms with Crippen LogP contribution < -0.4 is 10.5 Å². The molecular weight excluding hydrogens is 331 g/mol. The van der Waals surface area contributed by atoms with E-state index in [0.717, 1.165) is 6.07 Å². The van der Waals surface area contributed by atoms with Crippen LogP contribution in [0.25, 0.3) is 0 Å². The Kier molecular flexibility index (Phi) is 8.32. The summed E-state index contributed by atoms with van der Waals surface area (Å²) in [7, 11) is -0.937. The minimum absolute atomic E-state index is 0. The van der Waals surface area contributed by atoms with Crippen molar-refractivity contribution < 1.29 is 17.5 Å². The van der Waals surface area contributed by atoms with Gasteiger partial charge in [-0.3, -0.25) is 0 Å². The molecule has 1 aromatic rings. The van der Waals surface area contributed by atoms with Crippen LogP contribution >= 0.6 is 12.4 Å². The van der Waals surface area contributed by atoms with Crippen LogP contribution in [0.2, 0.25) is 0 Å². The fourth-order valence-electron chi connectivity index (χ4n) is 1.77. The zero-order chi connectivity index (χ0) is 16.2. The first-order valence-corrected chi connectivity index (χ1v) is 8.19. The summed E-state index contributed by atoms with van der Waals surface area (Å²) in [5.74, 6) is -0.413. The monoisotopic (exact) mass is 354 g/mol. The Labute approximate surface area is 138 Å². The molecule has 0 fully saturated rings. The number of nitrogens with zero attached hydrogens (tertiary/aromatic N) is 1. The lowest BCUT2D eigenvalue weighted by Gasteiger charge is -2.21. The highest BCUT2D eigenvalue weighted by molar-refractivity contribution is 7.89. The minimum atomic E-state index is -3.73. The van der Waals surface area contributed by atoms with Crippen molar-refractivity contribution in [3.05, 3.63) is 24.0 Å². The lowest BCUT2D eigenvalue weighted by molar-refractivity contribution is 0.384. The molecule has 0 radical (unpaired) electrons. The summed E-state index contributed by atoms with van der Waals surface area (Å²) >= 11 is 0. The van der Waals surface area contributed by atoms with Gasteiger partial charge in [-0.25, -0.2) is 17.1 Å². The summed E-state index contributed by atoms with van der Waals surface area (Å²) in [4.78, 5) is -0.0959. The second-order valence-electron chi connectivity index (χ2n) is 5.32. The number of hydrogen-bond acceptors (Lipinski definition) is 4. The van der Waals surface area contributed by atoms with Crippen molar-refractivity contribution in [3.8, 4) is 5.75 Å². The van der Waals surface area contributed by atoms with Crippen molar-refractivity contribution in [1.29, 1.82) is 0 Å². The fraction of sp³-hybridized carbons (Fsp3) is 0.571. The van der Waals surface area contributed by atoms with Gasteiger partial charge in [0.2, 0.25) is 10.0 Å². The highest BCUT2D eigenvalue weighted by atomic mass is 35.5. The van der Waals surface area contributed by atoms with Crippen molar-refractivity contribution in [1.82, 2.24) is 4.31 Å². The van der Waals surface area contributed by atoms with Crippen LogP contribution in [0, 0.1) is 11.7 Å². The van der Waals surface area contributed by atoms with E-state index in [2.05, 4.69) is 0 Å². The maximum Gasteiger partial charge on any atom is 0.242 e. The second-order valence-corrected chi connectivity index (χ2v) is 7.36. The Morgan fingerprint density at radius 3 is 2.41 bits per heavy atom. The number of rotatable bonds is 7. The number of sulfonamides is 1. The van der Waals surface area contributed by atoms with Crippen LogP contribution in [0.4, 0.5) is 4.39 Å². The summed E-state index contributed by atoms with van der Waals surface area (Å²) < 4.78 is 44.3. The van der Waals surface area contributed by atoms with E-state index in [0.29, 0.717) is 6.42 Å². The normalized spacial score (nSPS) is 13.1. The van der Waals surface area contributed by atoms with E-state index in [9.17, 15) is 12.8 Å². The third-order valence-electron chi connectivity index (χ3n) is 3.47. The molecule has 0 saturated heterocycles. The topological polar surface area (TPSA) is 72.6 Å². The Morgan fingerprint density at radius 1 is 1.36 bits per heavy atom. The van der Waals surface area contributed by atoms with E-state index < -0.39 is 15.8 Å². The van der Waals surface area contributed by atoms with Crippen LogP contribution in [0.1, 0.15) is 20.3 Å². The molecule has 0 aliphatic carbocycles. The highest BCUT2D eigenvalue weighted by Crippen LogP contribution is 2.22. The third kappa shape index (κ3) is 5.08. The fourth-order valence-corrected chi connectivity index (χ4v) is 2.97. The molecular formula is C14H24ClFN2O3S. The zero-order valence-corrected chi connectivity index (χ0v) is 14.9. The van der Waals surface area contributed by atoms with Gasteiger partial charge in [0.05, 0.1) is 12.0 Å². The second kappa shape index (κ2) is 8.67. The maximum atomic E-state index is 13.6. The van der Waals surface area contributed by atoms with E-state index in [1.807, 2.05) is 13.8 Å². The SMILES string of the molecule is COc1ccc(S(=O)(=O)N(C)CCC(N)C(C)C)cc1F.Cl. The Morgan fingerprint density at radius 2 is 1.95 bits per heavy atom. The quantitative estimate of drug-likeness (QED) is 0.815. The molecule has 2 N–H and O–H groups in total. The van der Waals surface area contributed by atoms with Gasteiger partial charge in [-0.1, -0.05) is 13.8 Å². The zero-order valence-electron chi connectivity index (χ0n) is 13.2. The summed E-state index contributed by atoms with van der Waals surface area (Å²) in [5.41, 5.74) is 5.91. The molecule has 0 aliphatic heterocycles. The molecule has 1 atom stereocenters. The van der Waals surface area contributed by atoms with Gasteiger partial charge in [0.25, 0.3) is 0 Å². The number of benzene rings is 1. The lowest BCUT2D eigenvalue weighted by Crippen LogP contribution is -2.34. The summed E-state index contributed by atoms with van der Waals surface area (Å²) in [5, 5.41) is 0. The van der Waals surface area contributed by atoms with Crippen LogP contribution in [0.15, 0.2) is 23.1 Å². The lowest BCUT2D eigenvalue weighted by atomic mass is 10.0. The molecule has 0 bridgehead atoms. The Balaban J connectivity index is 0.00000441. The van der Waals surface area contributed by atoms with Gasteiger partial charge >= 0.3 is 0 Å². The largest absolute Gasteiger partial charge is 0.494 e. The van der Waals surface area contributed by atoms with Gasteiger partial charge < -0.3 is 10.5 Å². The van der Waals surface area contributed by atoms with E-state index >= 15 is 0 Å². The standard InChI is InChI=1S/C14H23FN2O3S.ClH/c1-10(2)13(16)7-8-17(3)21(18,19)11-5-6-14(20-4)12(15)9-11;/h5-6,9-10,13H,7-8,16H2,1-4H3;1H. The molecule has 0 saturated carbocycles. The van der Waals surface area contributed by atoms with Gasteiger partial charge in [0.15, 0.2) is 11.6 Å². The molecule has 0 spiro atoms. The average Bonchev–Trinajstić information content (AvgIpc) is 2.43. The Hall–Kier alpha value is -0.890. The molecule has 1 aromatic carbocycles. The van der Waals surface area contributed by atoms with Gasteiger partial charge in [-0.05, 0) is 30.5 Å². The molecule has 0 aromatic heterocycles. The summed E-state index contributed by atoms with van der Waals surface area (Å²) in [6.45, 7) is 4.26. The highest BCUT2D eigenvalue weighted by Gasteiger charge is 2.23. The number of hydrogen-bond donors (Lipinski definition) is 1. The first-order valence-electron chi connectivity index (χ1n) is 6.75. The Bertz CT molecular complexity index is 581. The van der Waals surface area contributed by atoms with Gasteiger partial charge in [0.1, 0.15) is 0 Å². The number of ether oxygens (including phenoxy) is 1. The van der Waals surface area contributed by atoms with Crippen LogP contribution in [0.3, 0.4) is 0 Å². The van der Waals surface area contributed by atoms with Crippen LogP contribution in [0.5, 0.6) is 5.75 Å². The predicted molar refractivity (Wildman–Crippen MR) is 87.4 cm³/mol. The third-order valence-corrected chi connectivity index (χ3v) is 5.32. The number of methoxy groups -OCH3 is 1. The summed E-state index contributed by atoms with van der Waals surface area (Å²) in [6, 6.07) is 3.52. The van der Waals surface area contributed by atoms with E-state index in [1.54, 1.807) is 0 Å². The number of halogens is 2. The van der Waals surface area contributed by atoms with Gasteiger partial charge in [0, 0.05) is 19.6 Å². The molecule has 5 nitrogen and oxygen atoms in total. The maximum absolute atomic E-state index is 13.6. The molecule has 8 heteroatoms. The smallest absolute Gasteiger partial charge is 0.242 e. The molecule has 22 heavy (non-hydrogen) atoms. The van der Waals surface area contributed by atoms with Crippen molar-refractivity contribution in [3.63, 3.8) is 0 Å². The first-order chi connectivity index (χ1) is 9.70. The van der Waals surface area contributed by atoms with Crippen molar-refractivity contribution in [2.24, 2.45) is 11.7 Å². The average molecular weight is 355 g/mol. The van der Waals surface area contributed by atoms with E-state index in [4.69, 9.17) is 10.5 Å². The minimum Gasteiger partial charge on any atom is -0.494 e. The van der Waals surface area contributed by atoms with Crippen LogP contribution in [-0.4, -0.2) is 39.5 Å². The summed E-state index contributed by atoms with van der Waals surface area (Å²) in [6.07, 6.45) is 0.548. The predicted octanol–water partition coefficient (Wildman–Crippen LogP) is 2.25. The molecule has 0 amide bonds. The van der Waals surface area contributed by atoms with Crippen LogP contribution in [-0.2, 0) is 10.0 Å². The number of nitrogens with two attached hydrogens (primary N) is 1. The van der Waals surface area contributed by atoms with E-state index in [1.165, 1.54) is 30.6 Å². The van der Waals surface area contributed by atoms with Crippen molar-refractivity contribution in [2.45, 2.75) is 31.2 Å². The molecule has 1 unspecified atom stereocenters. The molecule has 0 aliphatic rings. The van der Waals surface area contributed by atoms with Crippen molar-refractivity contribution in [2.75, 3.05) is 20.7 Å². The van der Waals surface area contributed by atoms with E-state index in [-0.39, 0.29) is 41.6 Å². The first kappa shape index (κ1) is 21.1.